The molecule has 11 heteroatoms. The van der Waals surface area contributed by atoms with Crippen LogP contribution in [-0.2, 0) is 14.4 Å². The third kappa shape index (κ3) is 20.5. The summed E-state index contributed by atoms with van der Waals surface area (Å²) in [5.74, 6) is -2.44. The molecule has 25 heavy (non-hydrogen) atoms. The molecule has 1 amide bonds. The van der Waals surface area contributed by atoms with E-state index in [1.165, 1.54) is 0 Å². The quantitative estimate of drug-likeness (QED) is 0.196. The molecule has 0 aliphatic rings. The zero-order valence-corrected chi connectivity index (χ0v) is 15.2. The van der Waals surface area contributed by atoms with Gasteiger partial charge in [0.2, 0.25) is 5.91 Å². The maximum Gasteiger partial charge on any atom is 0.322 e. The Labute approximate surface area is 154 Å². The van der Waals surface area contributed by atoms with Crippen LogP contribution in [0.5, 0.6) is 0 Å². The van der Waals surface area contributed by atoms with Crippen molar-refractivity contribution in [3.63, 3.8) is 0 Å². The van der Waals surface area contributed by atoms with Crippen LogP contribution in [0.2, 0.25) is 0 Å². The van der Waals surface area contributed by atoms with E-state index in [9.17, 15) is 14.4 Å². The maximum atomic E-state index is 11.1. The molecular weight excluding hydrogens is 354 g/mol. The number of carbonyl (C=O) groups is 3. The molecule has 10 nitrogen and oxygen atoms in total. The fourth-order valence-corrected chi connectivity index (χ4v) is 1.57. The maximum absolute atomic E-state index is 11.1. The van der Waals surface area contributed by atoms with E-state index in [1.54, 1.807) is 0 Å². The van der Waals surface area contributed by atoms with Gasteiger partial charge in [-0.2, -0.15) is 0 Å². The third-order valence-electron chi connectivity index (χ3n) is 3.01. The molecule has 0 aromatic heterocycles. The number of nitrogens with one attached hydrogen (secondary N) is 1. The van der Waals surface area contributed by atoms with Gasteiger partial charge in [0.05, 0.1) is 6.04 Å². The summed E-state index contributed by atoms with van der Waals surface area (Å²) in [6.45, 7) is 0.791. The van der Waals surface area contributed by atoms with E-state index in [-0.39, 0.29) is 19.0 Å². The number of hydrogen-bond acceptors (Lipinski definition) is 7. The van der Waals surface area contributed by atoms with Crippen LogP contribution in [0.4, 0.5) is 0 Å². The van der Waals surface area contributed by atoms with E-state index in [1.807, 2.05) is 0 Å². The standard InChI is InChI=1S/C8H17N3O3.C6H14N2O2.ClH/c9-4-2-1-3-6(10)8(14)11-5-7(12)13;7-4-2-1-3-5(8)6(9)10;/h6H,1-5,9-10H2,(H,11,14)(H,12,13);5H,1-4,7-8H2,(H,9,10);1H/t6-;5-;/m00./s1. The van der Waals surface area contributed by atoms with Crippen molar-refractivity contribution in [3.05, 3.63) is 0 Å². The lowest BCUT2D eigenvalue weighted by molar-refractivity contribution is -0.139. The zero-order chi connectivity index (χ0) is 19.0. The molecule has 0 saturated heterocycles. The molecule has 0 aliphatic carbocycles. The highest BCUT2D eigenvalue weighted by Crippen LogP contribution is 1.98. The molecule has 0 aromatic rings. The SMILES string of the molecule is Cl.NCCCC[C@H](N)C(=O)NCC(=O)O.NCCCC[C@H](N)C(=O)O. The monoisotopic (exact) mass is 385 g/mol. The Hall–Kier alpha value is -1.46. The Bertz CT molecular complexity index is 374. The van der Waals surface area contributed by atoms with Gasteiger partial charge in [-0.25, -0.2) is 0 Å². The zero-order valence-electron chi connectivity index (χ0n) is 14.4. The van der Waals surface area contributed by atoms with Gasteiger partial charge >= 0.3 is 11.9 Å². The highest BCUT2D eigenvalue weighted by Gasteiger charge is 2.13. The fraction of sp³-hybridized carbons (Fsp3) is 0.786. The summed E-state index contributed by atoms with van der Waals surface area (Å²) in [7, 11) is 0. The van der Waals surface area contributed by atoms with Gasteiger partial charge in [-0.3, -0.25) is 14.4 Å². The predicted octanol–water partition coefficient (Wildman–Crippen LogP) is -1.41. The first-order valence-electron chi connectivity index (χ1n) is 7.89. The van der Waals surface area contributed by atoms with Crippen molar-refractivity contribution in [1.29, 1.82) is 0 Å². The van der Waals surface area contributed by atoms with Crippen LogP contribution in [-0.4, -0.2) is 59.8 Å². The van der Waals surface area contributed by atoms with Gasteiger partial charge in [0.25, 0.3) is 0 Å². The lowest BCUT2D eigenvalue weighted by atomic mass is 10.1. The second kappa shape index (κ2) is 18.9. The van der Waals surface area contributed by atoms with Crippen molar-refractivity contribution >= 4 is 30.3 Å². The van der Waals surface area contributed by atoms with Crippen LogP contribution in [0.15, 0.2) is 0 Å². The average Bonchev–Trinajstić information content (AvgIpc) is 2.53. The summed E-state index contributed by atoms with van der Waals surface area (Å²) in [6.07, 6.45) is 4.29. The molecule has 2 atom stereocenters. The van der Waals surface area contributed by atoms with Crippen LogP contribution < -0.4 is 28.3 Å². The van der Waals surface area contributed by atoms with Crippen molar-refractivity contribution in [2.45, 2.75) is 50.6 Å². The summed E-state index contributed by atoms with van der Waals surface area (Å²) < 4.78 is 0. The molecule has 150 valence electrons. The molecule has 0 spiro atoms. The average molecular weight is 386 g/mol. The molecule has 0 heterocycles. The Kier molecular flexibility index (Phi) is 21.4. The number of carboxylic acids is 2. The van der Waals surface area contributed by atoms with Crippen molar-refractivity contribution in [2.75, 3.05) is 19.6 Å². The van der Waals surface area contributed by atoms with Crippen LogP contribution in [0.25, 0.3) is 0 Å². The first-order chi connectivity index (χ1) is 11.3. The minimum Gasteiger partial charge on any atom is -0.480 e. The molecule has 0 fully saturated rings. The van der Waals surface area contributed by atoms with E-state index in [0.717, 1.165) is 25.7 Å². The molecule has 11 N–H and O–H groups in total. The van der Waals surface area contributed by atoms with E-state index < -0.39 is 29.9 Å². The Morgan fingerprint density at radius 2 is 1.28 bits per heavy atom. The largest absolute Gasteiger partial charge is 0.480 e. The summed E-state index contributed by atoms with van der Waals surface area (Å²) >= 11 is 0. The Balaban J connectivity index is -0.000000392. The van der Waals surface area contributed by atoms with Crippen LogP contribution in [0.1, 0.15) is 38.5 Å². The third-order valence-corrected chi connectivity index (χ3v) is 3.01. The fourth-order valence-electron chi connectivity index (χ4n) is 1.57. The van der Waals surface area contributed by atoms with Crippen molar-refractivity contribution < 1.29 is 24.6 Å². The number of rotatable bonds is 12. The lowest BCUT2D eigenvalue weighted by Gasteiger charge is -2.10. The Morgan fingerprint density at radius 1 is 0.840 bits per heavy atom. The number of halogens is 1. The van der Waals surface area contributed by atoms with E-state index in [0.29, 0.717) is 25.9 Å². The van der Waals surface area contributed by atoms with Gasteiger partial charge in [0.15, 0.2) is 0 Å². The number of carboxylic acid groups (broad SMARTS) is 2. The van der Waals surface area contributed by atoms with Crippen LogP contribution in [0.3, 0.4) is 0 Å². The smallest absolute Gasteiger partial charge is 0.322 e. The van der Waals surface area contributed by atoms with Gasteiger partial charge < -0.3 is 38.5 Å². The van der Waals surface area contributed by atoms with Gasteiger partial charge in [-0.15, -0.1) is 12.4 Å². The molecule has 0 unspecified atom stereocenters. The normalized spacial score (nSPS) is 12.0. The molecular formula is C14H32ClN5O5. The predicted molar refractivity (Wildman–Crippen MR) is 97.3 cm³/mol. The molecule has 0 bridgehead atoms. The lowest BCUT2D eigenvalue weighted by Crippen LogP contribution is -2.42. The molecule has 0 rings (SSSR count). The summed E-state index contributed by atoms with van der Waals surface area (Å²) in [4.78, 5) is 31.4. The van der Waals surface area contributed by atoms with Crippen molar-refractivity contribution in [1.82, 2.24) is 5.32 Å². The highest BCUT2D eigenvalue weighted by molar-refractivity contribution is 5.85. The van der Waals surface area contributed by atoms with Crippen LogP contribution in [0, 0.1) is 0 Å². The van der Waals surface area contributed by atoms with E-state index >= 15 is 0 Å². The number of amides is 1. The van der Waals surface area contributed by atoms with Crippen molar-refractivity contribution in [3.8, 4) is 0 Å². The first kappa shape index (κ1) is 28.3. The van der Waals surface area contributed by atoms with E-state index in [2.05, 4.69) is 5.32 Å². The molecule has 0 aliphatic heterocycles. The topological polar surface area (TPSA) is 208 Å². The van der Waals surface area contributed by atoms with Crippen LogP contribution >= 0.6 is 12.4 Å². The van der Waals surface area contributed by atoms with Gasteiger partial charge in [0, 0.05) is 0 Å². The highest BCUT2D eigenvalue weighted by atomic mass is 35.5. The minimum absolute atomic E-state index is 0. The van der Waals surface area contributed by atoms with Crippen molar-refractivity contribution in [2.24, 2.45) is 22.9 Å². The second-order valence-electron chi connectivity index (χ2n) is 5.23. The van der Waals surface area contributed by atoms with Gasteiger partial charge in [0.1, 0.15) is 12.6 Å². The summed E-state index contributed by atoms with van der Waals surface area (Å²) in [5.41, 5.74) is 21.2. The molecule has 0 saturated carbocycles. The first-order valence-corrected chi connectivity index (χ1v) is 7.89. The number of hydrogen-bond donors (Lipinski definition) is 7. The van der Waals surface area contributed by atoms with Gasteiger partial charge in [-0.1, -0.05) is 12.8 Å². The van der Waals surface area contributed by atoms with E-state index in [4.69, 9.17) is 33.1 Å². The number of nitrogens with two attached hydrogens (primary N) is 4. The number of aliphatic carboxylic acids is 2. The van der Waals surface area contributed by atoms with Gasteiger partial charge in [-0.05, 0) is 38.8 Å². The second-order valence-corrected chi connectivity index (χ2v) is 5.23. The number of carbonyl (C=O) groups excluding carboxylic acids is 1. The summed E-state index contributed by atoms with van der Waals surface area (Å²) in [5, 5.41) is 18.8. The Morgan fingerprint density at radius 3 is 1.64 bits per heavy atom. The molecule has 0 radical (unpaired) electrons. The summed E-state index contributed by atoms with van der Waals surface area (Å²) in [6, 6.07) is -1.35. The molecule has 0 aromatic carbocycles. The minimum atomic E-state index is -1.08. The number of unbranched alkanes of at least 4 members (excludes halogenated alkanes) is 2.